The molecule has 0 bridgehead atoms. The van der Waals surface area contributed by atoms with E-state index in [1.165, 1.54) is 20.3 Å². The Hall–Kier alpha value is -1.43. The molecule has 1 aromatic carbocycles. The van der Waals surface area contributed by atoms with E-state index < -0.39 is 11.8 Å². The third kappa shape index (κ3) is 2.46. The van der Waals surface area contributed by atoms with E-state index in [1.54, 1.807) is 0 Å². The van der Waals surface area contributed by atoms with Crippen molar-refractivity contribution in [2.45, 2.75) is 18.7 Å². The fraction of sp³-hybridized carbons (Fsp3) is 0.455. The van der Waals surface area contributed by atoms with Crippen LogP contribution >= 0.6 is 0 Å². The summed E-state index contributed by atoms with van der Waals surface area (Å²) in [6.45, 7) is 0.689. The Morgan fingerprint density at radius 1 is 1.06 bits per heavy atom. The molecule has 0 aromatic heterocycles. The second kappa shape index (κ2) is 4.44. The SMILES string of the molecule is COc1ccc(C(C)(O)C(F)(F)F)cc1OC. The standard InChI is InChI=1S/C11H13F3O3/c1-10(15,11(12,13)14)7-4-5-8(16-2)9(6-7)17-3/h4-6,15H,1-3H3. The predicted molar refractivity (Wildman–Crippen MR) is 55.2 cm³/mol. The summed E-state index contributed by atoms with van der Waals surface area (Å²) in [6, 6.07) is 3.57. The second-order valence-electron chi connectivity index (χ2n) is 3.64. The largest absolute Gasteiger partial charge is 0.493 e. The third-order valence-corrected chi connectivity index (χ3v) is 2.50. The molecule has 1 atom stereocenters. The number of benzene rings is 1. The van der Waals surface area contributed by atoms with Crippen molar-refractivity contribution in [3.63, 3.8) is 0 Å². The molecule has 6 heteroatoms. The molecule has 0 aliphatic heterocycles. The van der Waals surface area contributed by atoms with E-state index in [9.17, 15) is 18.3 Å². The number of hydrogen-bond acceptors (Lipinski definition) is 3. The topological polar surface area (TPSA) is 38.7 Å². The zero-order chi connectivity index (χ0) is 13.3. The van der Waals surface area contributed by atoms with Gasteiger partial charge in [-0.3, -0.25) is 0 Å². The molecule has 1 rings (SSSR count). The van der Waals surface area contributed by atoms with Gasteiger partial charge < -0.3 is 14.6 Å². The zero-order valence-electron chi connectivity index (χ0n) is 9.63. The van der Waals surface area contributed by atoms with E-state index in [-0.39, 0.29) is 11.3 Å². The van der Waals surface area contributed by atoms with Crippen molar-refractivity contribution >= 4 is 0 Å². The molecule has 1 N–H and O–H groups in total. The highest BCUT2D eigenvalue weighted by Crippen LogP contribution is 2.41. The monoisotopic (exact) mass is 250 g/mol. The highest BCUT2D eigenvalue weighted by molar-refractivity contribution is 5.44. The first-order valence-electron chi connectivity index (χ1n) is 4.75. The van der Waals surface area contributed by atoms with Crippen LogP contribution in [0.2, 0.25) is 0 Å². The normalized spacial score (nSPS) is 15.2. The number of alkyl halides is 3. The molecule has 17 heavy (non-hydrogen) atoms. The molecule has 0 radical (unpaired) electrons. The lowest BCUT2D eigenvalue weighted by Crippen LogP contribution is -2.39. The number of ether oxygens (including phenoxy) is 2. The molecule has 1 unspecified atom stereocenters. The minimum atomic E-state index is -4.76. The van der Waals surface area contributed by atoms with Gasteiger partial charge in [0.05, 0.1) is 14.2 Å². The van der Waals surface area contributed by atoms with Crippen molar-refractivity contribution in [2.75, 3.05) is 14.2 Å². The van der Waals surface area contributed by atoms with Gasteiger partial charge >= 0.3 is 6.18 Å². The Morgan fingerprint density at radius 2 is 1.59 bits per heavy atom. The van der Waals surface area contributed by atoms with Gasteiger partial charge in [0.2, 0.25) is 0 Å². The second-order valence-corrected chi connectivity index (χ2v) is 3.64. The van der Waals surface area contributed by atoms with Gasteiger partial charge in [-0.1, -0.05) is 6.07 Å². The summed E-state index contributed by atoms with van der Waals surface area (Å²) in [4.78, 5) is 0. The molecule has 0 heterocycles. The van der Waals surface area contributed by atoms with Crippen LogP contribution in [-0.4, -0.2) is 25.5 Å². The Balaban J connectivity index is 3.25. The average molecular weight is 250 g/mol. The summed E-state index contributed by atoms with van der Waals surface area (Å²) in [7, 11) is 2.68. The third-order valence-electron chi connectivity index (χ3n) is 2.50. The van der Waals surface area contributed by atoms with Crippen LogP contribution in [0.4, 0.5) is 13.2 Å². The molecule has 0 saturated heterocycles. The van der Waals surface area contributed by atoms with Gasteiger partial charge in [-0.05, 0) is 24.6 Å². The van der Waals surface area contributed by atoms with E-state index in [4.69, 9.17) is 9.47 Å². The highest BCUT2D eigenvalue weighted by atomic mass is 19.4. The first-order valence-corrected chi connectivity index (χ1v) is 4.75. The van der Waals surface area contributed by atoms with Gasteiger partial charge in [0.1, 0.15) is 0 Å². The maximum absolute atomic E-state index is 12.6. The molecule has 3 nitrogen and oxygen atoms in total. The van der Waals surface area contributed by atoms with Gasteiger partial charge in [0, 0.05) is 0 Å². The Morgan fingerprint density at radius 3 is 2.00 bits per heavy atom. The molecule has 0 aliphatic rings. The summed E-state index contributed by atoms with van der Waals surface area (Å²) >= 11 is 0. The van der Waals surface area contributed by atoms with Crippen LogP contribution < -0.4 is 9.47 Å². The fourth-order valence-corrected chi connectivity index (χ4v) is 1.30. The number of hydrogen-bond donors (Lipinski definition) is 1. The highest BCUT2D eigenvalue weighted by Gasteiger charge is 2.51. The lowest BCUT2D eigenvalue weighted by Gasteiger charge is -2.27. The lowest BCUT2D eigenvalue weighted by atomic mass is 9.95. The van der Waals surface area contributed by atoms with Gasteiger partial charge in [0.15, 0.2) is 17.1 Å². The molecule has 0 amide bonds. The van der Waals surface area contributed by atoms with E-state index in [2.05, 4.69) is 0 Å². The van der Waals surface area contributed by atoms with Crippen molar-refractivity contribution in [1.29, 1.82) is 0 Å². The summed E-state index contributed by atoms with van der Waals surface area (Å²) < 4.78 is 47.6. The maximum atomic E-state index is 12.6. The number of methoxy groups -OCH3 is 2. The van der Waals surface area contributed by atoms with Crippen molar-refractivity contribution in [1.82, 2.24) is 0 Å². The summed E-state index contributed by atoms with van der Waals surface area (Å²) in [6.07, 6.45) is -4.76. The minimum absolute atomic E-state index is 0.134. The smallest absolute Gasteiger partial charge is 0.421 e. The van der Waals surface area contributed by atoms with E-state index in [1.807, 2.05) is 0 Å². The van der Waals surface area contributed by atoms with Crippen LogP contribution in [0.3, 0.4) is 0 Å². The van der Waals surface area contributed by atoms with E-state index >= 15 is 0 Å². The molecular weight excluding hydrogens is 237 g/mol. The van der Waals surface area contributed by atoms with Crippen molar-refractivity contribution in [3.05, 3.63) is 23.8 Å². The summed E-state index contributed by atoms with van der Waals surface area (Å²) in [5.41, 5.74) is -3.23. The van der Waals surface area contributed by atoms with Crippen LogP contribution in [0.25, 0.3) is 0 Å². The van der Waals surface area contributed by atoms with Gasteiger partial charge in [-0.2, -0.15) is 13.2 Å². The Bertz CT molecular complexity index is 399. The average Bonchev–Trinajstić information content (AvgIpc) is 2.26. The first-order chi connectivity index (χ1) is 7.74. The lowest BCUT2D eigenvalue weighted by molar-refractivity contribution is -0.258. The Labute approximate surface area is 96.8 Å². The fourth-order valence-electron chi connectivity index (χ4n) is 1.30. The summed E-state index contributed by atoms with van der Waals surface area (Å²) in [5, 5.41) is 9.48. The van der Waals surface area contributed by atoms with Crippen LogP contribution in [0.5, 0.6) is 11.5 Å². The number of aliphatic hydroxyl groups is 1. The van der Waals surface area contributed by atoms with Crippen molar-refractivity contribution < 1.29 is 27.8 Å². The molecule has 0 spiro atoms. The molecule has 1 aromatic rings. The zero-order valence-corrected chi connectivity index (χ0v) is 9.63. The van der Waals surface area contributed by atoms with Gasteiger partial charge in [-0.25, -0.2) is 0 Å². The van der Waals surface area contributed by atoms with Crippen LogP contribution in [0.1, 0.15) is 12.5 Å². The molecular formula is C11H13F3O3. The number of rotatable bonds is 3. The number of halogens is 3. The van der Waals surface area contributed by atoms with E-state index in [0.717, 1.165) is 12.1 Å². The minimum Gasteiger partial charge on any atom is -0.493 e. The van der Waals surface area contributed by atoms with Gasteiger partial charge in [0.25, 0.3) is 0 Å². The summed E-state index contributed by atoms with van der Waals surface area (Å²) in [5.74, 6) is 0.434. The predicted octanol–water partition coefficient (Wildman–Crippen LogP) is 2.47. The van der Waals surface area contributed by atoms with Crippen LogP contribution in [0.15, 0.2) is 18.2 Å². The van der Waals surface area contributed by atoms with Crippen LogP contribution in [0, 0.1) is 0 Å². The quantitative estimate of drug-likeness (QED) is 0.895. The molecule has 0 saturated carbocycles. The molecule has 0 fully saturated rings. The Kier molecular flexibility index (Phi) is 3.56. The van der Waals surface area contributed by atoms with Gasteiger partial charge in [-0.15, -0.1) is 0 Å². The van der Waals surface area contributed by atoms with Crippen molar-refractivity contribution in [2.24, 2.45) is 0 Å². The van der Waals surface area contributed by atoms with Crippen LogP contribution in [-0.2, 0) is 5.60 Å². The molecule has 96 valence electrons. The first kappa shape index (κ1) is 13.6. The van der Waals surface area contributed by atoms with E-state index in [0.29, 0.717) is 12.7 Å². The maximum Gasteiger partial charge on any atom is 0.421 e. The van der Waals surface area contributed by atoms with Crippen molar-refractivity contribution in [3.8, 4) is 11.5 Å². The molecule has 0 aliphatic carbocycles.